The molecule has 136 valence electrons. The predicted molar refractivity (Wildman–Crippen MR) is 99.8 cm³/mol. The van der Waals surface area contributed by atoms with E-state index in [1.807, 2.05) is 23.6 Å². The van der Waals surface area contributed by atoms with Crippen LogP contribution in [0.15, 0.2) is 53.0 Å². The Hall–Kier alpha value is -2.85. The number of nitrogens with one attached hydrogen (secondary N) is 1. The number of hydrogen-bond acceptors (Lipinski definition) is 6. The fraction of sp³-hybridized carbons (Fsp3) is 0.0588. The second-order valence-electron chi connectivity index (χ2n) is 5.41. The summed E-state index contributed by atoms with van der Waals surface area (Å²) in [6.45, 7) is 0. The van der Waals surface area contributed by atoms with Crippen molar-refractivity contribution in [3.8, 4) is 10.6 Å². The van der Waals surface area contributed by atoms with E-state index in [1.54, 1.807) is 21.9 Å². The van der Waals surface area contributed by atoms with Crippen molar-refractivity contribution in [3.05, 3.63) is 59.5 Å². The molecular weight excluding hydrogens is 392 g/mol. The topological polar surface area (TPSA) is 72.2 Å². The molecule has 6 nitrogen and oxygen atoms in total. The maximum absolute atomic E-state index is 13.2. The lowest BCUT2D eigenvalue weighted by molar-refractivity contribution is -0.113. The van der Waals surface area contributed by atoms with Crippen molar-refractivity contribution in [1.29, 1.82) is 0 Å². The average Bonchev–Trinajstić information content (AvgIpc) is 3.32. The van der Waals surface area contributed by atoms with Gasteiger partial charge in [0.25, 0.3) is 0 Å². The molecule has 0 unspecified atom stereocenters. The van der Waals surface area contributed by atoms with Crippen LogP contribution in [0.5, 0.6) is 0 Å². The van der Waals surface area contributed by atoms with E-state index in [2.05, 4.69) is 20.6 Å². The van der Waals surface area contributed by atoms with Crippen molar-refractivity contribution >= 4 is 40.3 Å². The summed E-state index contributed by atoms with van der Waals surface area (Å²) in [5.41, 5.74) is 1.54. The van der Waals surface area contributed by atoms with Gasteiger partial charge in [0.2, 0.25) is 11.1 Å². The van der Waals surface area contributed by atoms with Crippen molar-refractivity contribution in [2.75, 3.05) is 11.1 Å². The quantitative estimate of drug-likeness (QED) is 0.512. The molecule has 0 atom stereocenters. The molecule has 0 bridgehead atoms. The van der Waals surface area contributed by atoms with Gasteiger partial charge in [-0.05, 0) is 35.7 Å². The number of halogens is 2. The van der Waals surface area contributed by atoms with Crippen LogP contribution in [-0.2, 0) is 4.79 Å². The maximum Gasteiger partial charge on any atom is 0.234 e. The highest BCUT2D eigenvalue weighted by Gasteiger charge is 2.13. The minimum Gasteiger partial charge on any atom is -0.325 e. The van der Waals surface area contributed by atoms with Crippen LogP contribution in [0.4, 0.5) is 14.5 Å². The summed E-state index contributed by atoms with van der Waals surface area (Å²) in [7, 11) is 0. The predicted octanol–water partition coefficient (Wildman–Crippen LogP) is 3.86. The molecule has 10 heteroatoms. The van der Waals surface area contributed by atoms with Gasteiger partial charge in [0.1, 0.15) is 5.69 Å². The lowest BCUT2D eigenvalue weighted by atomic mass is 10.3. The number of rotatable bonds is 5. The first-order chi connectivity index (χ1) is 13.1. The van der Waals surface area contributed by atoms with Crippen molar-refractivity contribution in [3.63, 3.8) is 0 Å². The Labute approximate surface area is 160 Å². The van der Waals surface area contributed by atoms with Gasteiger partial charge in [0.15, 0.2) is 17.3 Å². The summed E-state index contributed by atoms with van der Waals surface area (Å²) in [4.78, 5) is 13.1. The lowest BCUT2D eigenvalue weighted by Crippen LogP contribution is -2.14. The molecule has 4 rings (SSSR count). The highest BCUT2D eigenvalue weighted by Crippen LogP contribution is 2.24. The Balaban J connectivity index is 1.47. The van der Waals surface area contributed by atoms with Crippen molar-refractivity contribution in [2.45, 2.75) is 5.16 Å². The van der Waals surface area contributed by atoms with Crippen molar-refractivity contribution in [2.24, 2.45) is 0 Å². The molecule has 0 fully saturated rings. The van der Waals surface area contributed by atoms with Crippen LogP contribution in [0.3, 0.4) is 0 Å². The molecule has 3 aromatic heterocycles. The maximum atomic E-state index is 13.2. The second kappa shape index (κ2) is 7.41. The SMILES string of the molecule is O=C(CSc1nnc2ccc(-c3cccs3)nn12)Nc1ccc(F)c(F)c1. The highest BCUT2D eigenvalue weighted by molar-refractivity contribution is 7.99. The molecule has 0 saturated heterocycles. The molecule has 1 N–H and O–H groups in total. The number of aromatic nitrogens is 4. The largest absolute Gasteiger partial charge is 0.325 e. The third-order valence-electron chi connectivity index (χ3n) is 3.54. The lowest BCUT2D eigenvalue weighted by Gasteiger charge is -2.05. The molecule has 1 amide bonds. The number of fused-ring (bicyclic) bond motifs is 1. The monoisotopic (exact) mass is 403 g/mol. The van der Waals surface area contributed by atoms with Crippen LogP contribution in [-0.4, -0.2) is 31.5 Å². The molecule has 0 aliphatic heterocycles. The minimum atomic E-state index is -1.02. The number of thioether (sulfide) groups is 1. The molecule has 1 aromatic carbocycles. The zero-order valence-electron chi connectivity index (χ0n) is 13.6. The highest BCUT2D eigenvalue weighted by atomic mass is 32.2. The van der Waals surface area contributed by atoms with Gasteiger partial charge in [0.05, 0.1) is 10.6 Å². The molecule has 0 radical (unpaired) electrons. The molecule has 0 aliphatic carbocycles. The van der Waals surface area contributed by atoms with E-state index in [0.717, 1.165) is 34.5 Å². The van der Waals surface area contributed by atoms with Gasteiger partial charge in [-0.25, -0.2) is 8.78 Å². The van der Waals surface area contributed by atoms with E-state index in [1.165, 1.54) is 6.07 Å². The Morgan fingerprint density at radius 1 is 1.15 bits per heavy atom. The molecule has 3 heterocycles. The number of thiophene rings is 1. The van der Waals surface area contributed by atoms with Gasteiger partial charge in [0, 0.05) is 11.8 Å². The van der Waals surface area contributed by atoms with Gasteiger partial charge in [-0.1, -0.05) is 17.8 Å². The minimum absolute atomic E-state index is 0.0186. The number of amides is 1. The van der Waals surface area contributed by atoms with Gasteiger partial charge in [-0.3, -0.25) is 4.79 Å². The first kappa shape index (κ1) is 17.6. The molecular formula is C17H11F2N5OS2. The zero-order chi connectivity index (χ0) is 18.8. The van der Waals surface area contributed by atoms with E-state index in [9.17, 15) is 13.6 Å². The van der Waals surface area contributed by atoms with E-state index in [-0.39, 0.29) is 17.3 Å². The van der Waals surface area contributed by atoms with E-state index in [0.29, 0.717) is 10.8 Å². The van der Waals surface area contributed by atoms with E-state index < -0.39 is 11.6 Å². The number of carbonyl (C=O) groups excluding carboxylic acids is 1. The van der Waals surface area contributed by atoms with Gasteiger partial charge in [-0.15, -0.1) is 21.5 Å². The first-order valence-electron chi connectivity index (χ1n) is 7.74. The second-order valence-corrected chi connectivity index (χ2v) is 7.30. The third kappa shape index (κ3) is 3.81. The Bertz CT molecular complexity index is 1110. The van der Waals surface area contributed by atoms with Crippen molar-refractivity contribution < 1.29 is 13.6 Å². The number of benzene rings is 1. The fourth-order valence-corrected chi connectivity index (χ4v) is 3.69. The normalized spacial score (nSPS) is 11.0. The van der Waals surface area contributed by atoms with E-state index >= 15 is 0 Å². The molecule has 4 aromatic rings. The zero-order valence-corrected chi connectivity index (χ0v) is 15.2. The van der Waals surface area contributed by atoms with Crippen molar-refractivity contribution in [1.82, 2.24) is 19.8 Å². The third-order valence-corrected chi connectivity index (χ3v) is 5.36. The smallest absolute Gasteiger partial charge is 0.234 e. The molecule has 0 spiro atoms. The standard InChI is InChI=1S/C17H11F2N5OS2/c18-11-4-3-10(8-12(11)19)20-16(25)9-27-17-22-21-15-6-5-13(23-24(15)17)14-2-1-7-26-14/h1-8H,9H2,(H,20,25). The summed E-state index contributed by atoms with van der Waals surface area (Å²) in [5.74, 6) is -2.35. The fourth-order valence-electron chi connectivity index (χ4n) is 2.32. The van der Waals surface area contributed by atoms with Crippen LogP contribution in [0.1, 0.15) is 0 Å². The van der Waals surface area contributed by atoms with Crippen LogP contribution in [0.2, 0.25) is 0 Å². The number of anilines is 1. The summed E-state index contributed by atoms with van der Waals surface area (Å²) < 4.78 is 27.7. The summed E-state index contributed by atoms with van der Waals surface area (Å²) >= 11 is 2.72. The first-order valence-corrected chi connectivity index (χ1v) is 9.61. The number of nitrogens with zero attached hydrogens (tertiary/aromatic N) is 4. The van der Waals surface area contributed by atoms with E-state index in [4.69, 9.17) is 0 Å². The Morgan fingerprint density at radius 2 is 2.04 bits per heavy atom. The molecule has 27 heavy (non-hydrogen) atoms. The summed E-state index contributed by atoms with van der Waals surface area (Å²) in [5, 5.41) is 17.5. The van der Waals surface area contributed by atoms with Gasteiger partial charge < -0.3 is 5.32 Å². The Morgan fingerprint density at radius 3 is 2.81 bits per heavy atom. The summed E-state index contributed by atoms with van der Waals surface area (Å²) in [6, 6.07) is 10.8. The van der Waals surface area contributed by atoms with Crippen LogP contribution >= 0.6 is 23.1 Å². The number of hydrogen-bond donors (Lipinski definition) is 1. The van der Waals surface area contributed by atoms with Gasteiger partial charge >= 0.3 is 0 Å². The molecule has 0 saturated carbocycles. The van der Waals surface area contributed by atoms with Gasteiger partial charge in [-0.2, -0.15) is 9.61 Å². The summed E-state index contributed by atoms with van der Waals surface area (Å²) in [6.07, 6.45) is 0. The van der Waals surface area contributed by atoms with Crippen LogP contribution in [0.25, 0.3) is 16.2 Å². The van der Waals surface area contributed by atoms with Crippen LogP contribution < -0.4 is 5.32 Å². The average molecular weight is 403 g/mol. The Kier molecular flexibility index (Phi) is 4.82. The molecule has 0 aliphatic rings. The van der Waals surface area contributed by atoms with Crippen LogP contribution in [0, 0.1) is 11.6 Å². The number of carbonyl (C=O) groups is 1.